The van der Waals surface area contributed by atoms with Gasteiger partial charge in [-0.05, 0) is 33.9 Å². The van der Waals surface area contributed by atoms with E-state index < -0.39 is 10.0 Å². The molecule has 1 aromatic rings. The molecule has 2 N–H and O–H groups in total. The zero-order valence-corrected chi connectivity index (χ0v) is 13.5. The molecule has 0 aliphatic heterocycles. The predicted octanol–water partition coefficient (Wildman–Crippen LogP) is 0.931. The summed E-state index contributed by atoms with van der Waals surface area (Å²) in [5.74, 6) is 0. The van der Waals surface area contributed by atoms with Gasteiger partial charge >= 0.3 is 0 Å². The molecule has 1 unspecified atom stereocenters. The zero-order valence-electron chi connectivity index (χ0n) is 12.6. The predicted molar refractivity (Wildman–Crippen MR) is 79.1 cm³/mol. The molecule has 1 aromatic heterocycles. The quantitative estimate of drug-likeness (QED) is 0.712. The molecule has 1 atom stereocenters. The van der Waals surface area contributed by atoms with E-state index in [-0.39, 0.29) is 12.6 Å². The minimum atomic E-state index is -3.48. The summed E-state index contributed by atoms with van der Waals surface area (Å²) in [4.78, 5) is 0.299. The molecule has 116 valence electrons. The van der Waals surface area contributed by atoms with Crippen LogP contribution in [0.3, 0.4) is 0 Å². The lowest BCUT2D eigenvalue weighted by atomic mass is 10.4. The van der Waals surface area contributed by atoms with Crippen LogP contribution >= 0.6 is 0 Å². The van der Waals surface area contributed by atoms with Crippen LogP contribution < -0.4 is 10.0 Å². The van der Waals surface area contributed by atoms with Crippen LogP contribution in [-0.2, 0) is 27.8 Å². The summed E-state index contributed by atoms with van der Waals surface area (Å²) in [5, 5.41) is 3.03. The van der Waals surface area contributed by atoms with Crippen LogP contribution in [0.15, 0.2) is 17.2 Å². The standard InChI is InChI=1S/C13H25N3O3S/c1-5-16-10-13(7-12(16)9-14-4)20(17,18)15-8-11(3)19-6-2/h7,10-11,14-15H,5-6,8-9H2,1-4H3. The van der Waals surface area contributed by atoms with Crippen LogP contribution in [0, 0.1) is 0 Å². The average molecular weight is 303 g/mol. The van der Waals surface area contributed by atoms with E-state index in [1.165, 1.54) is 0 Å². The highest BCUT2D eigenvalue weighted by molar-refractivity contribution is 7.89. The Balaban J connectivity index is 2.81. The lowest BCUT2D eigenvalue weighted by Gasteiger charge is -2.12. The van der Waals surface area contributed by atoms with Crippen molar-refractivity contribution in [3.05, 3.63) is 18.0 Å². The van der Waals surface area contributed by atoms with Crippen LogP contribution in [0.2, 0.25) is 0 Å². The van der Waals surface area contributed by atoms with Crippen molar-refractivity contribution in [1.29, 1.82) is 0 Å². The van der Waals surface area contributed by atoms with E-state index in [0.717, 1.165) is 12.2 Å². The molecule has 7 heteroatoms. The van der Waals surface area contributed by atoms with E-state index in [2.05, 4.69) is 10.0 Å². The first-order valence-electron chi connectivity index (χ1n) is 6.89. The largest absolute Gasteiger partial charge is 0.377 e. The van der Waals surface area contributed by atoms with Gasteiger partial charge in [0.2, 0.25) is 10.0 Å². The molecule has 0 bridgehead atoms. The molecule has 0 fully saturated rings. The molecule has 6 nitrogen and oxygen atoms in total. The fourth-order valence-electron chi connectivity index (χ4n) is 1.95. The molecular weight excluding hydrogens is 278 g/mol. The van der Waals surface area contributed by atoms with Gasteiger partial charge in [0.15, 0.2) is 0 Å². The van der Waals surface area contributed by atoms with Crippen LogP contribution in [-0.4, -0.2) is 39.3 Å². The van der Waals surface area contributed by atoms with Gasteiger partial charge in [-0.1, -0.05) is 0 Å². The number of nitrogens with zero attached hydrogens (tertiary/aromatic N) is 1. The van der Waals surface area contributed by atoms with Crippen molar-refractivity contribution in [3.63, 3.8) is 0 Å². The van der Waals surface area contributed by atoms with Gasteiger partial charge < -0.3 is 14.6 Å². The van der Waals surface area contributed by atoms with Gasteiger partial charge in [0.05, 0.1) is 11.0 Å². The number of hydrogen-bond acceptors (Lipinski definition) is 4. The summed E-state index contributed by atoms with van der Waals surface area (Å²) in [6.45, 7) is 7.93. The maximum atomic E-state index is 12.2. The van der Waals surface area contributed by atoms with Crippen molar-refractivity contribution in [3.8, 4) is 0 Å². The Hall–Kier alpha value is -0.890. The van der Waals surface area contributed by atoms with E-state index in [1.807, 2.05) is 32.4 Å². The number of hydrogen-bond donors (Lipinski definition) is 2. The Morgan fingerprint density at radius 3 is 2.65 bits per heavy atom. The van der Waals surface area contributed by atoms with E-state index >= 15 is 0 Å². The van der Waals surface area contributed by atoms with Gasteiger partial charge in [0, 0.05) is 38.1 Å². The van der Waals surface area contributed by atoms with E-state index in [4.69, 9.17) is 4.74 Å². The third kappa shape index (κ3) is 4.59. The molecule has 1 rings (SSSR count). The Labute approximate surface area is 121 Å². The van der Waals surface area contributed by atoms with Crippen molar-refractivity contribution in [2.45, 2.75) is 44.9 Å². The first-order valence-corrected chi connectivity index (χ1v) is 8.37. The van der Waals surface area contributed by atoms with Gasteiger partial charge in [-0.15, -0.1) is 0 Å². The van der Waals surface area contributed by atoms with Gasteiger partial charge in [-0.3, -0.25) is 0 Å². The fraction of sp³-hybridized carbons (Fsp3) is 0.692. The summed E-state index contributed by atoms with van der Waals surface area (Å²) in [6.07, 6.45) is 1.53. The molecule has 0 amide bonds. The maximum absolute atomic E-state index is 12.2. The number of nitrogens with one attached hydrogen (secondary N) is 2. The maximum Gasteiger partial charge on any atom is 0.242 e. The molecule has 1 heterocycles. The van der Waals surface area contributed by atoms with Crippen LogP contribution in [0.4, 0.5) is 0 Å². The lowest BCUT2D eigenvalue weighted by molar-refractivity contribution is 0.0799. The van der Waals surface area contributed by atoms with Crippen molar-refractivity contribution in [2.24, 2.45) is 0 Å². The molecule has 0 aliphatic carbocycles. The number of aryl methyl sites for hydroxylation is 1. The molecule has 0 aromatic carbocycles. The van der Waals surface area contributed by atoms with Crippen LogP contribution in [0.1, 0.15) is 26.5 Å². The fourth-order valence-corrected chi connectivity index (χ4v) is 3.13. The van der Waals surface area contributed by atoms with E-state index in [0.29, 0.717) is 18.0 Å². The minimum Gasteiger partial charge on any atom is -0.377 e. The van der Waals surface area contributed by atoms with Crippen molar-refractivity contribution < 1.29 is 13.2 Å². The molecule has 20 heavy (non-hydrogen) atoms. The first-order chi connectivity index (χ1) is 9.44. The highest BCUT2D eigenvalue weighted by atomic mass is 32.2. The molecule has 0 spiro atoms. The number of sulfonamides is 1. The Morgan fingerprint density at radius 2 is 2.10 bits per heavy atom. The summed E-state index contributed by atoms with van der Waals surface area (Å²) in [5.41, 5.74) is 0.952. The van der Waals surface area contributed by atoms with Gasteiger partial charge in [0.25, 0.3) is 0 Å². The number of aromatic nitrogens is 1. The molecule has 0 saturated carbocycles. The summed E-state index contributed by atoms with van der Waals surface area (Å²) >= 11 is 0. The topological polar surface area (TPSA) is 72.4 Å². The normalized spacial score (nSPS) is 13.6. The Bertz CT molecular complexity index is 511. The van der Waals surface area contributed by atoms with Crippen molar-refractivity contribution in [1.82, 2.24) is 14.6 Å². The average Bonchev–Trinajstić information content (AvgIpc) is 2.81. The van der Waals surface area contributed by atoms with Gasteiger partial charge in [0.1, 0.15) is 0 Å². The molecule has 0 aliphatic rings. The first kappa shape index (κ1) is 17.2. The highest BCUT2D eigenvalue weighted by Gasteiger charge is 2.18. The van der Waals surface area contributed by atoms with E-state index in [1.54, 1.807) is 12.3 Å². The Kier molecular flexibility index (Phi) is 6.67. The molecular formula is C13H25N3O3S. The van der Waals surface area contributed by atoms with Gasteiger partial charge in [-0.25, -0.2) is 13.1 Å². The third-order valence-electron chi connectivity index (χ3n) is 2.98. The van der Waals surface area contributed by atoms with Crippen LogP contribution in [0.25, 0.3) is 0 Å². The second-order valence-electron chi connectivity index (χ2n) is 4.60. The second kappa shape index (κ2) is 7.78. The van der Waals surface area contributed by atoms with Crippen LogP contribution in [0.5, 0.6) is 0 Å². The monoisotopic (exact) mass is 303 g/mol. The number of ether oxygens (including phenoxy) is 1. The SMILES string of the molecule is CCOC(C)CNS(=O)(=O)c1cc(CNC)n(CC)c1. The minimum absolute atomic E-state index is 0.139. The van der Waals surface area contributed by atoms with E-state index in [9.17, 15) is 8.42 Å². The highest BCUT2D eigenvalue weighted by Crippen LogP contribution is 2.14. The van der Waals surface area contributed by atoms with Crippen molar-refractivity contribution >= 4 is 10.0 Å². The zero-order chi connectivity index (χ0) is 15.2. The molecule has 0 saturated heterocycles. The van der Waals surface area contributed by atoms with Crippen molar-refractivity contribution in [2.75, 3.05) is 20.2 Å². The second-order valence-corrected chi connectivity index (χ2v) is 6.37. The Morgan fingerprint density at radius 1 is 1.40 bits per heavy atom. The number of rotatable bonds is 9. The lowest BCUT2D eigenvalue weighted by Crippen LogP contribution is -2.32. The summed E-state index contributed by atoms with van der Waals surface area (Å²) < 4.78 is 34.3. The summed E-state index contributed by atoms with van der Waals surface area (Å²) in [7, 11) is -1.65. The third-order valence-corrected chi connectivity index (χ3v) is 4.37. The smallest absolute Gasteiger partial charge is 0.242 e. The van der Waals surface area contributed by atoms with Gasteiger partial charge in [-0.2, -0.15) is 0 Å². The molecule has 0 radical (unpaired) electrons. The summed E-state index contributed by atoms with van der Waals surface area (Å²) in [6, 6.07) is 1.70.